The molecule has 0 aromatic carbocycles. The molecular weight excluding hydrogens is 206 g/mol. The van der Waals surface area contributed by atoms with Gasteiger partial charge in [-0.3, -0.25) is 0 Å². The van der Waals surface area contributed by atoms with E-state index in [4.69, 9.17) is 5.11 Å². The van der Waals surface area contributed by atoms with Crippen molar-refractivity contribution in [1.82, 2.24) is 4.37 Å². The fourth-order valence-electron chi connectivity index (χ4n) is 0.362. The van der Waals surface area contributed by atoms with Crippen molar-refractivity contribution < 1.29 is 9.90 Å². The van der Waals surface area contributed by atoms with Crippen LogP contribution in [-0.2, 0) is 0 Å². The SMILES string of the molecule is O=C(O)c1csnc1Br. The molecule has 0 aliphatic carbocycles. The summed E-state index contributed by atoms with van der Waals surface area (Å²) in [5.41, 5.74) is 0.222. The number of aromatic carboxylic acids is 1. The normalized spacial score (nSPS) is 9.44. The van der Waals surface area contributed by atoms with E-state index in [0.29, 0.717) is 4.60 Å². The second-order valence-electron chi connectivity index (χ2n) is 1.32. The lowest BCUT2D eigenvalue weighted by Crippen LogP contribution is -1.93. The van der Waals surface area contributed by atoms with Crippen molar-refractivity contribution in [3.8, 4) is 0 Å². The molecule has 9 heavy (non-hydrogen) atoms. The topological polar surface area (TPSA) is 50.2 Å². The summed E-state index contributed by atoms with van der Waals surface area (Å²) in [6.07, 6.45) is 0. The number of carboxylic acids is 1. The van der Waals surface area contributed by atoms with Gasteiger partial charge in [0.05, 0.1) is 0 Å². The summed E-state index contributed by atoms with van der Waals surface area (Å²) < 4.78 is 4.12. The largest absolute Gasteiger partial charge is 0.478 e. The predicted octanol–water partition coefficient (Wildman–Crippen LogP) is 1.60. The Morgan fingerprint density at radius 3 is 2.78 bits per heavy atom. The molecule has 1 N–H and O–H groups in total. The van der Waals surface area contributed by atoms with Gasteiger partial charge < -0.3 is 5.11 Å². The Bertz CT molecular complexity index is 234. The average Bonchev–Trinajstić information content (AvgIpc) is 2.13. The molecule has 0 aliphatic heterocycles. The minimum Gasteiger partial charge on any atom is -0.478 e. The molecule has 1 heterocycles. The monoisotopic (exact) mass is 207 g/mol. The van der Waals surface area contributed by atoms with E-state index in [1.807, 2.05) is 0 Å². The fraction of sp³-hybridized carbons (Fsp3) is 0. The maximum absolute atomic E-state index is 10.2. The summed E-state index contributed by atoms with van der Waals surface area (Å²) in [4.78, 5) is 10.2. The third-order valence-corrected chi connectivity index (χ3v) is 2.22. The lowest BCUT2D eigenvalue weighted by atomic mass is 10.4. The van der Waals surface area contributed by atoms with Crippen LogP contribution in [0.3, 0.4) is 0 Å². The summed E-state index contributed by atoms with van der Waals surface area (Å²) in [5, 5.41) is 9.87. The molecule has 0 atom stereocenters. The number of aromatic nitrogens is 1. The van der Waals surface area contributed by atoms with E-state index < -0.39 is 5.97 Å². The van der Waals surface area contributed by atoms with Gasteiger partial charge in [-0.05, 0) is 27.5 Å². The third-order valence-electron chi connectivity index (χ3n) is 0.756. The maximum Gasteiger partial charge on any atom is 0.339 e. The molecule has 3 nitrogen and oxygen atoms in total. The van der Waals surface area contributed by atoms with Crippen LogP contribution < -0.4 is 0 Å². The molecule has 48 valence electrons. The number of carbonyl (C=O) groups is 1. The number of rotatable bonds is 1. The zero-order chi connectivity index (χ0) is 6.85. The van der Waals surface area contributed by atoms with Gasteiger partial charge >= 0.3 is 5.97 Å². The molecule has 1 rings (SSSR count). The van der Waals surface area contributed by atoms with Crippen molar-refractivity contribution in [3.63, 3.8) is 0 Å². The summed E-state index contributed by atoms with van der Waals surface area (Å²) in [7, 11) is 0. The van der Waals surface area contributed by atoms with Crippen LogP contribution in [0.5, 0.6) is 0 Å². The van der Waals surface area contributed by atoms with E-state index in [1.165, 1.54) is 5.38 Å². The van der Waals surface area contributed by atoms with Crippen molar-refractivity contribution in [1.29, 1.82) is 0 Å². The second-order valence-corrected chi connectivity index (χ2v) is 2.70. The number of hydrogen-bond donors (Lipinski definition) is 1. The first-order chi connectivity index (χ1) is 4.22. The van der Waals surface area contributed by atoms with E-state index in [1.54, 1.807) is 0 Å². The minimum atomic E-state index is -0.948. The van der Waals surface area contributed by atoms with Crippen LogP contribution in [0.4, 0.5) is 0 Å². The Kier molecular flexibility index (Phi) is 1.82. The Morgan fingerprint density at radius 2 is 2.56 bits per heavy atom. The van der Waals surface area contributed by atoms with Gasteiger partial charge in [-0.1, -0.05) is 0 Å². The second kappa shape index (κ2) is 2.45. The van der Waals surface area contributed by atoms with Crippen LogP contribution in [0.1, 0.15) is 10.4 Å². The molecular formula is C4H2BrNO2S. The number of carboxylic acid groups (broad SMARTS) is 1. The zero-order valence-electron chi connectivity index (χ0n) is 4.17. The Labute approximate surface area is 63.6 Å². The molecule has 0 fully saturated rings. The molecule has 1 aromatic rings. The van der Waals surface area contributed by atoms with Gasteiger partial charge in [-0.2, -0.15) is 4.37 Å². The fourth-order valence-corrected chi connectivity index (χ4v) is 1.61. The quantitative estimate of drug-likeness (QED) is 0.762. The number of hydrogen-bond acceptors (Lipinski definition) is 3. The molecule has 0 spiro atoms. The highest BCUT2D eigenvalue weighted by Crippen LogP contribution is 2.16. The van der Waals surface area contributed by atoms with Crippen molar-refractivity contribution in [3.05, 3.63) is 15.5 Å². The van der Waals surface area contributed by atoms with Crippen LogP contribution >= 0.6 is 27.5 Å². The lowest BCUT2D eigenvalue weighted by Gasteiger charge is -1.83. The lowest BCUT2D eigenvalue weighted by molar-refractivity contribution is 0.0696. The first-order valence-electron chi connectivity index (χ1n) is 2.05. The van der Waals surface area contributed by atoms with Gasteiger partial charge in [0, 0.05) is 5.38 Å². The Morgan fingerprint density at radius 1 is 1.89 bits per heavy atom. The third kappa shape index (κ3) is 1.28. The van der Waals surface area contributed by atoms with Gasteiger partial charge in [0.25, 0.3) is 0 Å². The van der Waals surface area contributed by atoms with Crippen LogP contribution in [0.25, 0.3) is 0 Å². The first kappa shape index (κ1) is 6.70. The van der Waals surface area contributed by atoms with Gasteiger partial charge in [0.1, 0.15) is 10.2 Å². The van der Waals surface area contributed by atoms with Gasteiger partial charge in [0.2, 0.25) is 0 Å². The zero-order valence-corrected chi connectivity index (χ0v) is 6.57. The van der Waals surface area contributed by atoms with Crippen molar-refractivity contribution >= 4 is 33.4 Å². The van der Waals surface area contributed by atoms with Gasteiger partial charge in [-0.15, -0.1) is 0 Å². The maximum atomic E-state index is 10.2. The molecule has 0 unspecified atom stereocenters. The van der Waals surface area contributed by atoms with E-state index in [9.17, 15) is 4.79 Å². The van der Waals surface area contributed by atoms with Crippen LogP contribution in [0.15, 0.2) is 9.98 Å². The standard InChI is InChI=1S/C4H2BrNO2S/c5-3-2(4(7)8)1-9-6-3/h1H,(H,7,8). The molecule has 0 amide bonds. The molecule has 1 aromatic heterocycles. The first-order valence-corrected chi connectivity index (χ1v) is 3.68. The Balaban J connectivity index is 3.08. The van der Waals surface area contributed by atoms with Crippen molar-refractivity contribution in [2.75, 3.05) is 0 Å². The van der Waals surface area contributed by atoms with E-state index in [2.05, 4.69) is 20.3 Å². The van der Waals surface area contributed by atoms with E-state index in [0.717, 1.165) is 11.5 Å². The predicted molar refractivity (Wildman–Crippen MR) is 36.8 cm³/mol. The highest BCUT2D eigenvalue weighted by Gasteiger charge is 2.08. The number of nitrogens with zero attached hydrogens (tertiary/aromatic N) is 1. The summed E-state index contributed by atoms with van der Waals surface area (Å²) >= 11 is 4.10. The van der Waals surface area contributed by atoms with Crippen molar-refractivity contribution in [2.45, 2.75) is 0 Å². The average molecular weight is 208 g/mol. The minimum absolute atomic E-state index is 0.222. The van der Waals surface area contributed by atoms with Crippen LogP contribution in [-0.4, -0.2) is 15.4 Å². The molecule has 0 saturated heterocycles. The van der Waals surface area contributed by atoms with Gasteiger partial charge in [-0.25, -0.2) is 4.79 Å². The summed E-state index contributed by atoms with van der Waals surface area (Å²) in [6.45, 7) is 0. The van der Waals surface area contributed by atoms with Gasteiger partial charge in [0.15, 0.2) is 0 Å². The molecule has 0 saturated carbocycles. The van der Waals surface area contributed by atoms with E-state index in [-0.39, 0.29) is 5.56 Å². The molecule has 5 heteroatoms. The van der Waals surface area contributed by atoms with Crippen LogP contribution in [0.2, 0.25) is 0 Å². The molecule has 0 aliphatic rings. The van der Waals surface area contributed by atoms with E-state index >= 15 is 0 Å². The Hall–Kier alpha value is -0.420. The smallest absolute Gasteiger partial charge is 0.339 e. The number of halogens is 1. The molecule has 0 bridgehead atoms. The highest BCUT2D eigenvalue weighted by atomic mass is 79.9. The molecule has 0 radical (unpaired) electrons. The van der Waals surface area contributed by atoms with Crippen LogP contribution in [0, 0.1) is 0 Å². The summed E-state index contributed by atoms with van der Waals surface area (Å²) in [5.74, 6) is -0.948. The van der Waals surface area contributed by atoms with Crippen molar-refractivity contribution in [2.24, 2.45) is 0 Å². The summed E-state index contributed by atoms with van der Waals surface area (Å²) in [6, 6.07) is 0. The highest BCUT2D eigenvalue weighted by molar-refractivity contribution is 9.10.